The summed E-state index contributed by atoms with van der Waals surface area (Å²) in [5.41, 5.74) is 0. The van der Waals surface area contributed by atoms with Gasteiger partial charge in [-0.3, -0.25) is 0 Å². The Bertz CT molecular complexity index is 401. The van der Waals surface area contributed by atoms with E-state index >= 15 is 0 Å². The van der Waals surface area contributed by atoms with Gasteiger partial charge in [-0.25, -0.2) is 0 Å². The van der Waals surface area contributed by atoms with Gasteiger partial charge in [0.2, 0.25) is 0 Å². The predicted molar refractivity (Wildman–Crippen MR) is 81.7 cm³/mol. The summed E-state index contributed by atoms with van der Waals surface area (Å²) >= 11 is 0. The lowest BCUT2D eigenvalue weighted by Crippen LogP contribution is -2.19. The van der Waals surface area contributed by atoms with Crippen LogP contribution in [0.2, 0.25) is 0 Å². The van der Waals surface area contributed by atoms with E-state index in [9.17, 15) is 10.2 Å². The first kappa shape index (κ1) is 18.5. The Labute approximate surface area is 122 Å². The molecule has 0 aromatic heterocycles. The van der Waals surface area contributed by atoms with Gasteiger partial charge in [0.25, 0.3) is 0 Å². The summed E-state index contributed by atoms with van der Waals surface area (Å²) in [7, 11) is 0. The average molecular weight is 276 g/mol. The SMILES string of the molecule is C=CCCCCC/C=C\[C@H](O)C#CC#CC(O)C(C)O. The molecular weight excluding hydrogens is 252 g/mol. The molecule has 0 aromatic carbocycles. The quantitative estimate of drug-likeness (QED) is 0.360. The number of unbranched alkanes of at least 4 members (excludes halogenated alkanes) is 4. The largest absolute Gasteiger partial charge is 0.390 e. The van der Waals surface area contributed by atoms with Crippen molar-refractivity contribution in [3.05, 3.63) is 24.8 Å². The van der Waals surface area contributed by atoms with Crippen LogP contribution >= 0.6 is 0 Å². The standard InChI is InChI=1S/C17H24O3/c1-3-4-5-6-7-8-9-12-16(19)13-10-11-14-17(20)15(2)18/h3,9,12,15-20H,1,4-8H2,2H3/b12-9-/t15?,16-,17?/m0/s1. The minimum absolute atomic E-state index is 0.846. The van der Waals surface area contributed by atoms with Crippen molar-refractivity contribution in [2.45, 2.75) is 57.3 Å². The lowest BCUT2D eigenvalue weighted by Gasteiger charge is -2.03. The van der Waals surface area contributed by atoms with Gasteiger partial charge in [0.05, 0.1) is 6.10 Å². The number of allylic oxidation sites excluding steroid dienone is 2. The molecule has 0 heterocycles. The zero-order valence-electron chi connectivity index (χ0n) is 12.0. The summed E-state index contributed by atoms with van der Waals surface area (Å²) in [6.07, 6.45) is 7.97. The molecule has 110 valence electrons. The van der Waals surface area contributed by atoms with Crippen LogP contribution in [0.5, 0.6) is 0 Å². The molecule has 20 heavy (non-hydrogen) atoms. The van der Waals surface area contributed by atoms with Crippen molar-refractivity contribution in [3.63, 3.8) is 0 Å². The van der Waals surface area contributed by atoms with E-state index in [-0.39, 0.29) is 0 Å². The third kappa shape index (κ3) is 11.6. The van der Waals surface area contributed by atoms with Crippen molar-refractivity contribution in [2.24, 2.45) is 0 Å². The van der Waals surface area contributed by atoms with E-state index in [1.807, 2.05) is 12.2 Å². The Balaban J connectivity index is 3.87. The van der Waals surface area contributed by atoms with E-state index in [4.69, 9.17) is 5.11 Å². The summed E-state index contributed by atoms with van der Waals surface area (Å²) < 4.78 is 0. The first-order valence-corrected chi connectivity index (χ1v) is 6.90. The number of hydrogen-bond donors (Lipinski definition) is 3. The molecule has 0 radical (unpaired) electrons. The molecule has 0 rings (SSSR count). The Hall–Kier alpha value is -1.52. The lowest BCUT2D eigenvalue weighted by atomic mass is 10.1. The minimum Gasteiger partial charge on any atom is -0.390 e. The van der Waals surface area contributed by atoms with Crippen molar-refractivity contribution in [3.8, 4) is 23.7 Å². The highest BCUT2D eigenvalue weighted by atomic mass is 16.3. The fourth-order valence-corrected chi connectivity index (χ4v) is 1.34. The van der Waals surface area contributed by atoms with Crippen LogP contribution in [-0.2, 0) is 0 Å². The summed E-state index contributed by atoms with van der Waals surface area (Å²) in [6.45, 7) is 5.11. The molecule has 3 heteroatoms. The van der Waals surface area contributed by atoms with Crippen LogP contribution in [0, 0.1) is 23.7 Å². The van der Waals surface area contributed by atoms with Crippen LogP contribution in [0.4, 0.5) is 0 Å². The van der Waals surface area contributed by atoms with Crippen LogP contribution in [0.3, 0.4) is 0 Å². The molecule has 0 aliphatic carbocycles. The van der Waals surface area contributed by atoms with E-state index in [2.05, 4.69) is 30.3 Å². The smallest absolute Gasteiger partial charge is 0.141 e. The molecular formula is C17H24O3. The molecule has 0 saturated heterocycles. The minimum atomic E-state index is -1.10. The van der Waals surface area contributed by atoms with Crippen molar-refractivity contribution < 1.29 is 15.3 Å². The molecule has 2 unspecified atom stereocenters. The molecule has 0 saturated carbocycles. The monoisotopic (exact) mass is 276 g/mol. The molecule has 0 aromatic rings. The second kappa shape index (κ2) is 12.5. The predicted octanol–water partition coefficient (Wildman–Crippen LogP) is 1.79. The van der Waals surface area contributed by atoms with Gasteiger partial charge in [-0.1, -0.05) is 30.4 Å². The highest BCUT2D eigenvalue weighted by Crippen LogP contribution is 2.04. The maximum Gasteiger partial charge on any atom is 0.141 e. The number of hydrogen-bond acceptors (Lipinski definition) is 3. The van der Waals surface area contributed by atoms with Crippen LogP contribution in [-0.4, -0.2) is 33.6 Å². The maximum atomic E-state index is 9.51. The fourth-order valence-electron chi connectivity index (χ4n) is 1.34. The number of rotatable bonds is 8. The van der Waals surface area contributed by atoms with Gasteiger partial charge < -0.3 is 15.3 Å². The first-order chi connectivity index (χ1) is 9.57. The Kier molecular flexibility index (Phi) is 11.6. The molecule has 0 spiro atoms. The van der Waals surface area contributed by atoms with Gasteiger partial charge in [-0.2, -0.15) is 0 Å². The summed E-state index contributed by atoms with van der Waals surface area (Å²) in [6, 6.07) is 0. The van der Waals surface area contributed by atoms with E-state index < -0.39 is 18.3 Å². The maximum absolute atomic E-state index is 9.51. The van der Waals surface area contributed by atoms with Crippen molar-refractivity contribution in [2.75, 3.05) is 0 Å². The zero-order chi connectivity index (χ0) is 15.2. The molecule has 0 fully saturated rings. The third-order valence-corrected chi connectivity index (χ3v) is 2.56. The average Bonchev–Trinajstić information content (AvgIpc) is 2.42. The molecule has 3 atom stereocenters. The Morgan fingerprint density at radius 3 is 2.30 bits per heavy atom. The topological polar surface area (TPSA) is 60.7 Å². The molecule has 0 bridgehead atoms. The van der Waals surface area contributed by atoms with E-state index in [1.54, 1.807) is 6.08 Å². The van der Waals surface area contributed by atoms with Gasteiger partial charge in [-0.05, 0) is 50.5 Å². The van der Waals surface area contributed by atoms with Gasteiger partial charge in [0.1, 0.15) is 12.2 Å². The molecule has 3 nitrogen and oxygen atoms in total. The summed E-state index contributed by atoms with van der Waals surface area (Å²) in [5.74, 6) is 9.74. The first-order valence-electron chi connectivity index (χ1n) is 6.90. The lowest BCUT2D eigenvalue weighted by molar-refractivity contribution is 0.0678. The van der Waals surface area contributed by atoms with Gasteiger partial charge in [0, 0.05) is 0 Å². The summed E-state index contributed by atoms with van der Waals surface area (Å²) in [5, 5.41) is 27.7. The van der Waals surface area contributed by atoms with Gasteiger partial charge >= 0.3 is 0 Å². The highest BCUT2D eigenvalue weighted by molar-refractivity contribution is 5.30. The third-order valence-electron chi connectivity index (χ3n) is 2.56. The van der Waals surface area contributed by atoms with Crippen LogP contribution in [0.25, 0.3) is 0 Å². The molecule has 0 aliphatic heterocycles. The highest BCUT2D eigenvalue weighted by Gasteiger charge is 2.04. The van der Waals surface area contributed by atoms with Crippen molar-refractivity contribution in [1.82, 2.24) is 0 Å². The second-order valence-electron chi connectivity index (χ2n) is 4.52. The Morgan fingerprint density at radius 2 is 1.65 bits per heavy atom. The van der Waals surface area contributed by atoms with Gasteiger partial charge in [-0.15, -0.1) is 6.58 Å². The van der Waals surface area contributed by atoms with E-state index in [0.717, 1.165) is 32.1 Å². The van der Waals surface area contributed by atoms with E-state index in [0.29, 0.717) is 0 Å². The van der Waals surface area contributed by atoms with E-state index in [1.165, 1.54) is 6.92 Å². The van der Waals surface area contributed by atoms with Crippen molar-refractivity contribution in [1.29, 1.82) is 0 Å². The Morgan fingerprint density at radius 1 is 1.00 bits per heavy atom. The molecule has 3 N–H and O–H groups in total. The number of aliphatic hydroxyl groups excluding tert-OH is 3. The van der Waals surface area contributed by atoms with Crippen LogP contribution < -0.4 is 0 Å². The number of aliphatic hydroxyl groups is 3. The normalized spacial score (nSPS) is 14.6. The van der Waals surface area contributed by atoms with Crippen LogP contribution in [0.15, 0.2) is 24.8 Å². The molecule has 0 amide bonds. The summed E-state index contributed by atoms with van der Waals surface area (Å²) in [4.78, 5) is 0. The second-order valence-corrected chi connectivity index (χ2v) is 4.52. The van der Waals surface area contributed by atoms with Gasteiger partial charge in [0.15, 0.2) is 0 Å². The fraction of sp³-hybridized carbons (Fsp3) is 0.529. The molecule has 0 aliphatic rings. The van der Waals surface area contributed by atoms with Crippen LogP contribution in [0.1, 0.15) is 39.0 Å². The zero-order valence-corrected chi connectivity index (χ0v) is 12.0. The van der Waals surface area contributed by atoms with Crippen molar-refractivity contribution >= 4 is 0 Å².